The highest BCUT2D eigenvalue weighted by atomic mass is 16.5. The molecule has 6 nitrogen and oxygen atoms in total. The number of ether oxygens (including phenoxy) is 1. The summed E-state index contributed by atoms with van der Waals surface area (Å²) in [6, 6.07) is 7.29. The van der Waals surface area contributed by atoms with Crippen molar-refractivity contribution in [2.24, 2.45) is 0 Å². The van der Waals surface area contributed by atoms with Crippen LogP contribution < -0.4 is 4.74 Å². The Bertz CT molecular complexity index is 633. The van der Waals surface area contributed by atoms with Crippen molar-refractivity contribution < 1.29 is 13.6 Å². The highest BCUT2D eigenvalue weighted by Crippen LogP contribution is 2.29. The maximum Gasteiger partial charge on any atom is 0.336 e. The number of hydrogen-bond acceptors (Lipinski definition) is 6. The van der Waals surface area contributed by atoms with E-state index < -0.39 is 0 Å². The lowest BCUT2D eigenvalue weighted by Crippen LogP contribution is -1.99. The van der Waals surface area contributed by atoms with Gasteiger partial charge in [-0.15, -0.1) is 5.10 Å². The van der Waals surface area contributed by atoms with Crippen LogP contribution in [0.2, 0.25) is 0 Å². The second-order valence-corrected chi connectivity index (χ2v) is 3.45. The minimum Gasteiger partial charge on any atom is -0.466 e. The summed E-state index contributed by atoms with van der Waals surface area (Å²) in [6.07, 6.45) is 3.13. The molecule has 0 unspecified atom stereocenters. The molecule has 3 aromatic rings. The molecule has 0 aliphatic carbocycles. The fraction of sp³-hybridized carbons (Fsp3) is 0.0833. The zero-order valence-corrected chi connectivity index (χ0v) is 9.53. The molecule has 3 heterocycles. The predicted molar refractivity (Wildman–Crippen MR) is 61.8 cm³/mol. The highest BCUT2D eigenvalue weighted by molar-refractivity contribution is 5.71. The lowest BCUT2D eigenvalue weighted by molar-refractivity contribution is 0.373. The summed E-state index contributed by atoms with van der Waals surface area (Å²) in [4.78, 5) is 4.24. The van der Waals surface area contributed by atoms with Crippen LogP contribution in [0.15, 0.2) is 45.6 Å². The van der Waals surface area contributed by atoms with Gasteiger partial charge in [0, 0.05) is 0 Å². The first-order chi connectivity index (χ1) is 8.88. The third-order valence-corrected chi connectivity index (χ3v) is 2.36. The van der Waals surface area contributed by atoms with Gasteiger partial charge < -0.3 is 13.6 Å². The first-order valence-corrected chi connectivity index (χ1v) is 5.25. The average molecular weight is 243 g/mol. The van der Waals surface area contributed by atoms with Crippen LogP contribution in [-0.4, -0.2) is 22.3 Å². The zero-order chi connectivity index (χ0) is 12.4. The summed E-state index contributed by atoms with van der Waals surface area (Å²) in [5, 5.41) is 7.90. The molecule has 0 saturated heterocycles. The van der Waals surface area contributed by atoms with Crippen LogP contribution in [0.1, 0.15) is 0 Å². The molecule has 3 rings (SSSR count). The largest absolute Gasteiger partial charge is 0.466 e. The number of rotatable bonds is 3. The maximum absolute atomic E-state index is 5.33. The van der Waals surface area contributed by atoms with E-state index in [9.17, 15) is 0 Å². The van der Waals surface area contributed by atoms with Crippen molar-refractivity contribution in [3.8, 4) is 28.9 Å². The van der Waals surface area contributed by atoms with Gasteiger partial charge in [-0.3, -0.25) is 0 Å². The molecule has 3 aromatic heterocycles. The van der Waals surface area contributed by atoms with Gasteiger partial charge in [-0.2, -0.15) is 4.98 Å². The Hall–Kier alpha value is -2.63. The van der Waals surface area contributed by atoms with Gasteiger partial charge in [-0.1, -0.05) is 5.10 Å². The molecule has 0 aliphatic heterocycles. The van der Waals surface area contributed by atoms with E-state index in [2.05, 4.69) is 15.2 Å². The van der Waals surface area contributed by atoms with E-state index in [1.807, 2.05) is 0 Å². The number of nitrogens with zero attached hydrogens (tertiary/aromatic N) is 3. The van der Waals surface area contributed by atoms with Crippen molar-refractivity contribution in [2.45, 2.75) is 0 Å². The van der Waals surface area contributed by atoms with E-state index in [-0.39, 0.29) is 6.01 Å². The molecule has 0 fully saturated rings. The quantitative estimate of drug-likeness (QED) is 0.703. The summed E-state index contributed by atoms with van der Waals surface area (Å²) in [5.74, 6) is 1.15. The molecule has 0 aromatic carbocycles. The van der Waals surface area contributed by atoms with Crippen molar-refractivity contribution in [3.05, 3.63) is 36.8 Å². The minimum atomic E-state index is 0.178. The number of hydrogen-bond donors (Lipinski definition) is 0. The summed E-state index contributed by atoms with van der Waals surface area (Å²) in [5.41, 5.74) is 1.04. The maximum atomic E-state index is 5.33. The second kappa shape index (κ2) is 4.33. The third kappa shape index (κ3) is 1.73. The minimum absolute atomic E-state index is 0.178. The molecule has 90 valence electrons. The second-order valence-electron chi connectivity index (χ2n) is 3.45. The molecule has 18 heavy (non-hydrogen) atoms. The zero-order valence-electron chi connectivity index (χ0n) is 9.53. The van der Waals surface area contributed by atoms with Crippen molar-refractivity contribution >= 4 is 0 Å². The first-order valence-electron chi connectivity index (χ1n) is 5.25. The van der Waals surface area contributed by atoms with Gasteiger partial charge in [0.05, 0.1) is 19.6 Å². The van der Waals surface area contributed by atoms with E-state index in [0.29, 0.717) is 22.9 Å². The highest BCUT2D eigenvalue weighted by Gasteiger charge is 2.17. The fourth-order valence-corrected chi connectivity index (χ4v) is 1.56. The van der Waals surface area contributed by atoms with Crippen LogP contribution in [0.5, 0.6) is 6.01 Å². The lowest BCUT2D eigenvalue weighted by atomic mass is 10.2. The van der Waals surface area contributed by atoms with Crippen LogP contribution in [0.3, 0.4) is 0 Å². The molecule has 0 saturated carbocycles. The Labute approximate surface area is 102 Å². The van der Waals surface area contributed by atoms with Gasteiger partial charge in [-0.05, 0) is 24.3 Å². The fourth-order valence-electron chi connectivity index (χ4n) is 1.56. The topological polar surface area (TPSA) is 74.2 Å². The lowest BCUT2D eigenvalue weighted by Gasteiger charge is -2.03. The number of methoxy groups -OCH3 is 1. The Morgan fingerprint density at radius 2 is 1.61 bits per heavy atom. The van der Waals surface area contributed by atoms with Crippen LogP contribution in [-0.2, 0) is 0 Å². The predicted octanol–water partition coefficient (Wildman–Crippen LogP) is 2.40. The Balaban J connectivity index is 2.19. The molecule has 0 radical (unpaired) electrons. The number of furan rings is 2. The SMILES string of the molecule is COc1nnc(-c2ccco2)c(-c2ccco2)n1. The molecule has 0 aliphatic rings. The first kappa shape index (κ1) is 10.5. The molecule has 0 spiro atoms. The van der Waals surface area contributed by atoms with Gasteiger partial charge in [0.1, 0.15) is 5.69 Å². The van der Waals surface area contributed by atoms with Crippen molar-refractivity contribution in [1.29, 1.82) is 0 Å². The van der Waals surface area contributed by atoms with Gasteiger partial charge in [-0.25, -0.2) is 0 Å². The molecule has 0 atom stereocenters. The summed E-state index contributed by atoms with van der Waals surface area (Å²) < 4.78 is 15.6. The van der Waals surface area contributed by atoms with Crippen LogP contribution >= 0.6 is 0 Å². The van der Waals surface area contributed by atoms with Gasteiger partial charge >= 0.3 is 6.01 Å². The van der Waals surface area contributed by atoms with Gasteiger partial charge in [0.2, 0.25) is 0 Å². The number of aromatic nitrogens is 3. The molecular formula is C12H9N3O3. The van der Waals surface area contributed by atoms with Gasteiger partial charge in [0.15, 0.2) is 17.2 Å². The van der Waals surface area contributed by atoms with Crippen LogP contribution in [0.4, 0.5) is 0 Å². The smallest absolute Gasteiger partial charge is 0.336 e. The molecule has 0 bridgehead atoms. The third-order valence-electron chi connectivity index (χ3n) is 2.36. The Morgan fingerprint density at radius 3 is 2.17 bits per heavy atom. The molecule has 6 heteroatoms. The van der Waals surface area contributed by atoms with Crippen LogP contribution in [0.25, 0.3) is 22.9 Å². The van der Waals surface area contributed by atoms with E-state index >= 15 is 0 Å². The normalized spacial score (nSPS) is 10.5. The summed E-state index contributed by atoms with van der Waals surface area (Å²) >= 11 is 0. The average Bonchev–Trinajstić information content (AvgIpc) is 3.11. The summed E-state index contributed by atoms with van der Waals surface area (Å²) in [6.45, 7) is 0. The summed E-state index contributed by atoms with van der Waals surface area (Å²) in [7, 11) is 1.48. The molecular weight excluding hydrogens is 234 g/mol. The Kier molecular flexibility index (Phi) is 2.53. The van der Waals surface area contributed by atoms with Crippen molar-refractivity contribution in [1.82, 2.24) is 15.2 Å². The van der Waals surface area contributed by atoms with E-state index in [0.717, 1.165) is 0 Å². The Morgan fingerprint density at radius 1 is 0.944 bits per heavy atom. The molecule has 0 amide bonds. The van der Waals surface area contributed by atoms with E-state index in [4.69, 9.17) is 13.6 Å². The van der Waals surface area contributed by atoms with Crippen molar-refractivity contribution in [2.75, 3.05) is 7.11 Å². The standard InChI is InChI=1S/C12H9N3O3/c1-16-12-13-10(8-4-2-6-17-8)11(14-15-12)9-5-3-7-18-9/h2-7H,1H3. The van der Waals surface area contributed by atoms with Crippen LogP contribution in [0, 0.1) is 0 Å². The van der Waals surface area contributed by atoms with Gasteiger partial charge in [0.25, 0.3) is 0 Å². The van der Waals surface area contributed by atoms with E-state index in [1.165, 1.54) is 7.11 Å². The van der Waals surface area contributed by atoms with Crippen molar-refractivity contribution in [3.63, 3.8) is 0 Å². The van der Waals surface area contributed by atoms with E-state index in [1.54, 1.807) is 36.8 Å². The monoisotopic (exact) mass is 243 g/mol. The molecule has 0 N–H and O–H groups in total.